The summed E-state index contributed by atoms with van der Waals surface area (Å²) in [7, 11) is 0. The minimum absolute atomic E-state index is 0.0883. The van der Waals surface area contributed by atoms with Crippen LogP contribution in [0, 0.1) is 0 Å². The van der Waals surface area contributed by atoms with Gasteiger partial charge in [0.1, 0.15) is 0 Å². The number of hydrogen-bond donors (Lipinski definition) is 5. The summed E-state index contributed by atoms with van der Waals surface area (Å²) < 4.78 is 0. The highest BCUT2D eigenvalue weighted by atomic mass is 16.3. The van der Waals surface area contributed by atoms with E-state index in [4.69, 9.17) is 25.5 Å². The topological polar surface area (TPSA) is 101 Å². The summed E-state index contributed by atoms with van der Waals surface area (Å²) >= 11 is 0. The zero-order valence-corrected chi connectivity index (χ0v) is 18.4. The van der Waals surface area contributed by atoms with E-state index in [9.17, 15) is 0 Å². The summed E-state index contributed by atoms with van der Waals surface area (Å²) in [4.78, 5) is 0. The van der Waals surface area contributed by atoms with Crippen molar-refractivity contribution in [3.63, 3.8) is 0 Å². The predicted octanol–water partition coefficient (Wildman–Crippen LogP) is 4.18. The van der Waals surface area contributed by atoms with E-state index < -0.39 is 12.2 Å². The van der Waals surface area contributed by atoms with Crippen LogP contribution in [0.25, 0.3) is 0 Å². The van der Waals surface area contributed by atoms with Crippen molar-refractivity contribution in [2.75, 3.05) is 19.8 Å². The Morgan fingerprint density at radius 1 is 0.481 bits per heavy atom. The maximum Gasteiger partial charge on any atom is 0.0770 e. The van der Waals surface area contributed by atoms with Gasteiger partial charge in [-0.1, -0.05) is 90.9 Å². The third-order valence-electron chi connectivity index (χ3n) is 4.20. The Morgan fingerprint density at radius 2 is 0.741 bits per heavy atom. The van der Waals surface area contributed by atoms with Gasteiger partial charge in [0.15, 0.2) is 0 Å². The van der Waals surface area contributed by atoms with Crippen molar-refractivity contribution < 1.29 is 25.5 Å². The Bertz CT molecular complexity index is 205. The number of aliphatic hydroxyl groups is 5. The third-order valence-corrected chi connectivity index (χ3v) is 4.20. The standard InChI is InChI=1S/2C10H22O2.C2H6O/c2*1-2-3-4-5-6-7-8-10(12)9-11;1-2-3/h2*10-12H,2-9H2,1H3;3H,2H2,1H3. The summed E-state index contributed by atoms with van der Waals surface area (Å²) in [6.45, 7) is 6.16. The average Bonchev–Trinajstić information content (AvgIpc) is 2.68. The fourth-order valence-corrected chi connectivity index (χ4v) is 2.50. The van der Waals surface area contributed by atoms with E-state index in [-0.39, 0.29) is 19.8 Å². The molecule has 0 spiro atoms. The Morgan fingerprint density at radius 3 is 1.00 bits per heavy atom. The van der Waals surface area contributed by atoms with Crippen LogP contribution >= 0.6 is 0 Å². The van der Waals surface area contributed by atoms with Crippen molar-refractivity contribution in [2.24, 2.45) is 0 Å². The molecular weight excluding hydrogens is 344 g/mol. The molecule has 168 valence electrons. The van der Waals surface area contributed by atoms with Crippen LogP contribution < -0.4 is 0 Å². The van der Waals surface area contributed by atoms with Crippen molar-refractivity contribution in [1.29, 1.82) is 0 Å². The van der Waals surface area contributed by atoms with Gasteiger partial charge in [0.2, 0.25) is 0 Å². The zero-order valence-electron chi connectivity index (χ0n) is 18.4. The van der Waals surface area contributed by atoms with Crippen molar-refractivity contribution in [3.8, 4) is 0 Å². The van der Waals surface area contributed by atoms with Gasteiger partial charge in [-0.05, 0) is 19.8 Å². The molecule has 0 fully saturated rings. The van der Waals surface area contributed by atoms with E-state index in [1.807, 2.05) is 0 Å². The van der Waals surface area contributed by atoms with Crippen molar-refractivity contribution >= 4 is 0 Å². The van der Waals surface area contributed by atoms with Crippen LogP contribution in [0.15, 0.2) is 0 Å². The minimum Gasteiger partial charge on any atom is -0.397 e. The first-order valence-electron chi connectivity index (χ1n) is 11.2. The molecule has 0 aromatic carbocycles. The molecule has 2 atom stereocenters. The van der Waals surface area contributed by atoms with Crippen LogP contribution in [0.2, 0.25) is 0 Å². The average molecular weight is 395 g/mol. The second-order valence-electron chi connectivity index (χ2n) is 7.10. The molecule has 0 bridgehead atoms. The Kier molecular flexibility index (Phi) is 35.6. The van der Waals surface area contributed by atoms with Gasteiger partial charge < -0.3 is 25.5 Å². The Balaban J connectivity index is -0.000000372. The van der Waals surface area contributed by atoms with E-state index in [1.54, 1.807) is 6.92 Å². The lowest BCUT2D eigenvalue weighted by Crippen LogP contribution is -2.10. The van der Waals surface area contributed by atoms with Gasteiger partial charge in [-0.2, -0.15) is 0 Å². The molecule has 0 heterocycles. The lowest BCUT2D eigenvalue weighted by Gasteiger charge is -2.05. The van der Waals surface area contributed by atoms with Gasteiger partial charge in [0, 0.05) is 6.61 Å². The van der Waals surface area contributed by atoms with Gasteiger partial charge in [-0.15, -0.1) is 0 Å². The summed E-state index contributed by atoms with van der Waals surface area (Å²) in [6.07, 6.45) is 15.4. The zero-order chi connectivity index (χ0) is 21.2. The highest BCUT2D eigenvalue weighted by Crippen LogP contribution is 2.09. The SMILES string of the molecule is CCCCCCCCC(O)CO.CCCCCCCCC(O)CO.CCO. The van der Waals surface area contributed by atoms with Crippen LogP contribution in [0.1, 0.15) is 111 Å². The largest absolute Gasteiger partial charge is 0.397 e. The van der Waals surface area contributed by atoms with Crippen LogP contribution in [-0.2, 0) is 0 Å². The number of aliphatic hydroxyl groups excluding tert-OH is 5. The molecule has 2 unspecified atom stereocenters. The highest BCUT2D eigenvalue weighted by Gasteiger charge is 2.00. The molecular formula is C22H50O5. The quantitative estimate of drug-likeness (QED) is 0.253. The maximum absolute atomic E-state index is 9.01. The molecule has 0 saturated heterocycles. The fourth-order valence-electron chi connectivity index (χ4n) is 2.50. The molecule has 5 N–H and O–H groups in total. The normalized spacial score (nSPS) is 12.4. The number of rotatable bonds is 16. The monoisotopic (exact) mass is 394 g/mol. The first-order valence-corrected chi connectivity index (χ1v) is 11.2. The molecule has 0 aromatic heterocycles. The molecule has 0 saturated carbocycles. The minimum atomic E-state index is -0.490. The summed E-state index contributed by atoms with van der Waals surface area (Å²) in [5.74, 6) is 0. The highest BCUT2D eigenvalue weighted by molar-refractivity contribution is 4.54. The van der Waals surface area contributed by atoms with E-state index in [0.29, 0.717) is 0 Å². The maximum atomic E-state index is 9.01. The summed E-state index contributed by atoms with van der Waals surface area (Å²) in [6, 6.07) is 0. The van der Waals surface area contributed by atoms with Gasteiger partial charge >= 0.3 is 0 Å². The van der Waals surface area contributed by atoms with Crippen molar-refractivity contribution in [1.82, 2.24) is 0 Å². The lowest BCUT2D eigenvalue weighted by atomic mass is 10.1. The van der Waals surface area contributed by atoms with Gasteiger partial charge in [-0.25, -0.2) is 0 Å². The third kappa shape index (κ3) is 37.3. The van der Waals surface area contributed by atoms with Crippen LogP contribution in [0.5, 0.6) is 0 Å². The van der Waals surface area contributed by atoms with Gasteiger partial charge in [-0.3, -0.25) is 0 Å². The molecule has 0 radical (unpaired) electrons. The number of unbranched alkanes of at least 4 members (excludes halogenated alkanes) is 10. The molecule has 5 nitrogen and oxygen atoms in total. The van der Waals surface area contributed by atoms with Crippen LogP contribution in [0.4, 0.5) is 0 Å². The first-order chi connectivity index (χ1) is 13.0. The Labute approximate surface area is 168 Å². The van der Waals surface area contributed by atoms with E-state index in [2.05, 4.69) is 13.8 Å². The van der Waals surface area contributed by atoms with E-state index >= 15 is 0 Å². The molecule has 0 rings (SSSR count). The van der Waals surface area contributed by atoms with E-state index in [0.717, 1.165) is 25.7 Å². The molecule has 5 heteroatoms. The van der Waals surface area contributed by atoms with E-state index in [1.165, 1.54) is 64.2 Å². The van der Waals surface area contributed by atoms with Crippen molar-refractivity contribution in [2.45, 2.75) is 123 Å². The second-order valence-corrected chi connectivity index (χ2v) is 7.10. The van der Waals surface area contributed by atoms with Crippen LogP contribution in [0.3, 0.4) is 0 Å². The molecule has 0 aliphatic rings. The van der Waals surface area contributed by atoms with Crippen LogP contribution in [-0.4, -0.2) is 57.6 Å². The van der Waals surface area contributed by atoms with Crippen molar-refractivity contribution in [3.05, 3.63) is 0 Å². The molecule has 0 amide bonds. The first kappa shape index (κ1) is 31.5. The smallest absolute Gasteiger partial charge is 0.0770 e. The second kappa shape index (κ2) is 30.5. The number of hydrogen-bond acceptors (Lipinski definition) is 5. The molecule has 0 aliphatic heterocycles. The predicted molar refractivity (Wildman–Crippen MR) is 115 cm³/mol. The fraction of sp³-hybridized carbons (Fsp3) is 1.00. The Hall–Kier alpha value is -0.200. The molecule has 0 aliphatic carbocycles. The molecule has 0 aromatic rings. The van der Waals surface area contributed by atoms with Gasteiger partial charge in [0.05, 0.1) is 25.4 Å². The van der Waals surface area contributed by atoms with Gasteiger partial charge in [0.25, 0.3) is 0 Å². The summed E-state index contributed by atoms with van der Waals surface area (Å²) in [5.41, 5.74) is 0. The molecule has 27 heavy (non-hydrogen) atoms. The lowest BCUT2D eigenvalue weighted by molar-refractivity contribution is 0.0859. The summed E-state index contributed by atoms with van der Waals surface area (Å²) in [5, 5.41) is 42.6.